The molecule has 0 saturated carbocycles. The molecule has 1 amide bonds. The van der Waals surface area contributed by atoms with Crippen LogP contribution < -0.4 is 16.6 Å². The van der Waals surface area contributed by atoms with Crippen molar-refractivity contribution in [2.24, 2.45) is 0 Å². The minimum Gasteiger partial charge on any atom is -0.348 e. The zero-order valence-electron chi connectivity index (χ0n) is 19.9. The number of carbonyl (C=O) groups is 1. The van der Waals surface area contributed by atoms with Crippen molar-refractivity contribution in [1.29, 1.82) is 0 Å². The minimum atomic E-state index is -4.58. The summed E-state index contributed by atoms with van der Waals surface area (Å²) in [4.78, 5) is 39.2. The highest BCUT2D eigenvalue weighted by atomic mass is 19.4. The highest BCUT2D eigenvalue weighted by Crippen LogP contribution is 2.29. The fraction of sp³-hybridized carbons (Fsp3) is 0.360. The van der Waals surface area contributed by atoms with E-state index in [0.717, 1.165) is 26.9 Å². The molecule has 10 heteroatoms. The molecule has 0 aliphatic heterocycles. The lowest BCUT2D eigenvalue weighted by Crippen LogP contribution is -2.47. The molecule has 0 fully saturated rings. The second-order valence-corrected chi connectivity index (χ2v) is 8.66. The molecular weight excluding hydrogens is 461 g/mol. The van der Waals surface area contributed by atoms with Crippen LogP contribution in [0.3, 0.4) is 0 Å². The normalized spacial score (nSPS) is 12.6. The van der Waals surface area contributed by atoms with E-state index in [1.54, 1.807) is 31.2 Å². The number of hydrogen-bond donors (Lipinski definition) is 1. The minimum absolute atomic E-state index is 0.0835. The number of nitrogens with one attached hydrogen (secondary N) is 1. The Morgan fingerprint density at radius 1 is 1.06 bits per heavy atom. The number of amides is 1. The molecule has 0 bridgehead atoms. The molecule has 1 heterocycles. The fourth-order valence-electron chi connectivity index (χ4n) is 3.39. The molecule has 0 radical (unpaired) electrons. The maximum absolute atomic E-state index is 13.3. The number of benzene rings is 2. The van der Waals surface area contributed by atoms with Crippen molar-refractivity contribution in [2.75, 3.05) is 0 Å². The first-order chi connectivity index (χ1) is 16.4. The molecule has 0 aliphatic rings. The molecule has 1 atom stereocenters. The van der Waals surface area contributed by atoms with Gasteiger partial charge in [0.15, 0.2) is 0 Å². The molecule has 35 heavy (non-hydrogen) atoms. The van der Waals surface area contributed by atoms with Crippen LogP contribution in [-0.4, -0.2) is 26.3 Å². The highest BCUT2D eigenvalue weighted by Gasteiger charge is 2.30. The second-order valence-electron chi connectivity index (χ2n) is 8.66. The topological polar surface area (TPSA) is 86.0 Å². The average Bonchev–Trinajstić information content (AvgIpc) is 2.81. The Bertz CT molecular complexity index is 1330. The summed E-state index contributed by atoms with van der Waals surface area (Å²) < 4.78 is 41.2. The van der Waals surface area contributed by atoms with Crippen LogP contribution in [0.15, 0.2) is 58.1 Å². The Hall–Kier alpha value is -3.69. The smallest absolute Gasteiger partial charge is 0.348 e. The maximum Gasteiger partial charge on any atom is 0.416 e. The molecule has 0 aliphatic carbocycles. The lowest BCUT2D eigenvalue weighted by Gasteiger charge is -2.15. The SMILES string of the molecule is CCC(C)NC(=O)c1nn(-c2ccc(C(C)C)cc2)c(=O)n(Cc2cccc(C(F)(F)F)c2)c1=O. The predicted octanol–water partition coefficient (Wildman–Crippen LogP) is 4.11. The summed E-state index contributed by atoms with van der Waals surface area (Å²) in [6.07, 6.45) is -3.99. The monoisotopic (exact) mass is 488 g/mol. The van der Waals surface area contributed by atoms with Crippen molar-refractivity contribution in [3.05, 3.63) is 91.8 Å². The van der Waals surface area contributed by atoms with Crippen LogP contribution in [0.1, 0.15) is 67.2 Å². The number of aromatic nitrogens is 3. The number of hydrogen-bond acceptors (Lipinski definition) is 4. The molecule has 0 saturated heterocycles. The largest absolute Gasteiger partial charge is 0.416 e. The van der Waals surface area contributed by atoms with E-state index < -0.39 is 41.1 Å². The second kappa shape index (κ2) is 10.3. The first-order valence-corrected chi connectivity index (χ1v) is 11.2. The van der Waals surface area contributed by atoms with E-state index in [9.17, 15) is 27.6 Å². The van der Waals surface area contributed by atoms with Crippen LogP contribution in [0, 0.1) is 0 Å². The van der Waals surface area contributed by atoms with E-state index in [0.29, 0.717) is 12.1 Å². The number of carbonyl (C=O) groups excluding carboxylic acids is 1. The van der Waals surface area contributed by atoms with E-state index in [4.69, 9.17) is 0 Å². The number of rotatable bonds is 7. The van der Waals surface area contributed by atoms with Crippen molar-refractivity contribution >= 4 is 5.91 Å². The predicted molar refractivity (Wildman–Crippen MR) is 126 cm³/mol. The summed E-state index contributed by atoms with van der Waals surface area (Å²) in [6, 6.07) is 11.0. The summed E-state index contributed by atoms with van der Waals surface area (Å²) in [5.74, 6) is -0.532. The van der Waals surface area contributed by atoms with Gasteiger partial charge in [-0.05, 0) is 54.7 Å². The number of alkyl halides is 3. The Balaban J connectivity index is 2.17. The third-order valence-corrected chi connectivity index (χ3v) is 5.66. The van der Waals surface area contributed by atoms with Gasteiger partial charge in [-0.2, -0.15) is 23.0 Å². The van der Waals surface area contributed by atoms with Gasteiger partial charge >= 0.3 is 11.9 Å². The zero-order valence-corrected chi connectivity index (χ0v) is 19.9. The average molecular weight is 489 g/mol. The highest BCUT2D eigenvalue weighted by molar-refractivity contribution is 5.91. The third-order valence-electron chi connectivity index (χ3n) is 5.66. The Kier molecular flexibility index (Phi) is 7.62. The van der Waals surface area contributed by atoms with Gasteiger partial charge in [0.2, 0.25) is 5.69 Å². The van der Waals surface area contributed by atoms with Gasteiger partial charge in [0.05, 0.1) is 17.8 Å². The van der Waals surface area contributed by atoms with Crippen molar-refractivity contribution in [3.63, 3.8) is 0 Å². The van der Waals surface area contributed by atoms with E-state index in [2.05, 4.69) is 10.4 Å². The molecule has 1 N–H and O–H groups in total. The van der Waals surface area contributed by atoms with Crippen molar-refractivity contribution in [2.45, 2.75) is 58.8 Å². The van der Waals surface area contributed by atoms with E-state index in [1.807, 2.05) is 20.8 Å². The number of halogens is 3. The summed E-state index contributed by atoms with van der Waals surface area (Å²) in [7, 11) is 0. The summed E-state index contributed by atoms with van der Waals surface area (Å²) in [5, 5.41) is 6.69. The quantitative estimate of drug-likeness (QED) is 0.542. The van der Waals surface area contributed by atoms with Crippen LogP contribution in [0.25, 0.3) is 5.69 Å². The van der Waals surface area contributed by atoms with Crippen LogP contribution >= 0.6 is 0 Å². The lowest BCUT2D eigenvalue weighted by molar-refractivity contribution is -0.137. The first-order valence-electron chi connectivity index (χ1n) is 11.2. The molecule has 0 spiro atoms. The van der Waals surface area contributed by atoms with E-state index in [1.165, 1.54) is 12.1 Å². The van der Waals surface area contributed by atoms with Gasteiger partial charge in [-0.15, -0.1) is 0 Å². The molecule has 7 nitrogen and oxygen atoms in total. The van der Waals surface area contributed by atoms with Crippen molar-refractivity contribution < 1.29 is 18.0 Å². The van der Waals surface area contributed by atoms with Crippen molar-refractivity contribution in [3.8, 4) is 5.69 Å². The molecule has 1 aromatic heterocycles. The van der Waals surface area contributed by atoms with Gasteiger partial charge in [0.25, 0.3) is 11.5 Å². The van der Waals surface area contributed by atoms with Gasteiger partial charge < -0.3 is 5.32 Å². The van der Waals surface area contributed by atoms with Crippen LogP contribution in [-0.2, 0) is 12.7 Å². The summed E-state index contributed by atoms with van der Waals surface area (Å²) in [5.41, 5.74) is -1.88. The van der Waals surface area contributed by atoms with Crippen LogP contribution in [0.2, 0.25) is 0 Å². The Morgan fingerprint density at radius 2 is 1.71 bits per heavy atom. The fourth-order valence-corrected chi connectivity index (χ4v) is 3.39. The summed E-state index contributed by atoms with van der Waals surface area (Å²) in [6.45, 7) is 7.15. The van der Waals surface area contributed by atoms with Gasteiger partial charge in [-0.25, -0.2) is 4.79 Å². The van der Waals surface area contributed by atoms with Gasteiger partial charge in [0, 0.05) is 6.04 Å². The Labute approximate surface area is 200 Å². The maximum atomic E-state index is 13.3. The molecule has 2 aromatic carbocycles. The van der Waals surface area contributed by atoms with Crippen molar-refractivity contribution in [1.82, 2.24) is 19.7 Å². The van der Waals surface area contributed by atoms with Crippen LogP contribution in [0.4, 0.5) is 13.2 Å². The van der Waals surface area contributed by atoms with Gasteiger partial charge in [-0.3, -0.25) is 14.2 Å². The summed E-state index contributed by atoms with van der Waals surface area (Å²) >= 11 is 0. The lowest BCUT2D eigenvalue weighted by atomic mass is 10.0. The first kappa shape index (κ1) is 25.9. The molecule has 3 rings (SSSR count). The standard InChI is InChI=1S/C25H27F3N4O3/c1-5-16(4)29-22(33)21-23(34)31(14-17-7-6-8-19(13-17)25(26,27)28)24(35)32(30-21)20-11-9-18(10-12-20)15(2)3/h6-13,15-16H,5,14H2,1-4H3,(H,29,33). The van der Waals surface area contributed by atoms with E-state index >= 15 is 0 Å². The van der Waals surface area contributed by atoms with E-state index in [-0.39, 0.29) is 17.5 Å². The molecule has 186 valence electrons. The third kappa shape index (κ3) is 5.87. The zero-order chi connectivity index (χ0) is 25.9. The Morgan fingerprint density at radius 3 is 2.29 bits per heavy atom. The molecule has 3 aromatic rings. The van der Waals surface area contributed by atoms with Crippen LogP contribution in [0.5, 0.6) is 0 Å². The molecular formula is C25H27F3N4O3. The van der Waals surface area contributed by atoms with Gasteiger partial charge in [0.1, 0.15) is 0 Å². The number of nitrogens with zero attached hydrogens (tertiary/aromatic N) is 3. The van der Waals surface area contributed by atoms with Gasteiger partial charge in [-0.1, -0.05) is 45.0 Å². The molecule has 1 unspecified atom stereocenters.